The van der Waals surface area contributed by atoms with Crippen molar-refractivity contribution in [1.82, 2.24) is 0 Å². The van der Waals surface area contributed by atoms with Gasteiger partial charge in [-0.15, -0.1) is 0 Å². The largest absolute Gasteiger partial charge is 0.486 e. The number of carbonyl (C=O) groups is 1. The first-order chi connectivity index (χ1) is 8.97. The molecule has 1 aliphatic rings. The molecular weight excluding hydrogens is 264 g/mol. The third kappa shape index (κ3) is 3.80. The Bertz CT molecular complexity index is 557. The predicted octanol–water partition coefficient (Wildman–Crippen LogP) is 2.23. The number of rotatable bonds is 5. The van der Waals surface area contributed by atoms with Crippen LogP contribution in [0, 0.1) is 5.92 Å². The molecule has 2 rings (SSSR count). The summed E-state index contributed by atoms with van der Waals surface area (Å²) in [6.45, 7) is 0.0257. The highest BCUT2D eigenvalue weighted by Crippen LogP contribution is 2.26. The number of sulfone groups is 1. The Balaban J connectivity index is 1.98. The maximum Gasteiger partial charge on any atom is 0.175 e. The number of ketones is 1. The summed E-state index contributed by atoms with van der Waals surface area (Å²) >= 11 is 0. The van der Waals surface area contributed by atoms with E-state index < -0.39 is 9.84 Å². The van der Waals surface area contributed by atoms with Crippen LogP contribution in [0.3, 0.4) is 0 Å². The topological polar surface area (TPSA) is 60.4 Å². The Kier molecular flexibility index (Phi) is 4.24. The van der Waals surface area contributed by atoms with Gasteiger partial charge in [0.1, 0.15) is 12.4 Å². The fourth-order valence-corrected chi connectivity index (χ4v) is 2.97. The Hall–Kier alpha value is -1.36. The summed E-state index contributed by atoms with van der Waals surface area (Å²) in [4.78, 5) is 12.1. The second kappa shape index (κ2) is 5.74. The number of hydrogen-bond donors (Lipinski definition) is 0. The van der Waals surface area contributed by atoms with Gasteiger partial charge in [0.25, 0.3) is 0 Å². The average Bonchev–Trinajstić information content (AvgIpc) is 2.89. The normalized spacial score (nSPS) is 16.5. The molecule has 5 heteroatoms. The van der Waals surface area contributed by atoms with Gasteiger partial charge < -0.3 is 4.74 Å². The lowest BCUT2D eigenvalue weighted by Gasteiger charge is -2.10. The van der Waals surface area contributed by atoms with Gasteiger partial charge in [-0.25, -0.2) is 8.42 Å². The molecule has 1 aromatic rings. The van der Waals surface area contributed by atoms with Crippen LogP contribution in [-0.2, 0) is 14.6 Å². The third-order valence-corrected chi connectivity index (χ3v) is 4.54. The first kappa shape index (κ1) is 14.1. The Morgan fingerprint density at radius 1 is 1.32 bits per heavy atom. The van der Waals surface area contributed by atoms with E-state index in [1.165, 1.54) is 12.1 Å². The van der Waals surface area contributed by atoms with Crippen LogP contribution >= 0.6 is 0 Å². The lowest BCUT2D eigenvalue weighted by Crippen LogP contribution is -2.19. The molecule has 4 nitrogen and oxygen atoms in total. The van der Waals surface area contributed by atoms with Crippen LogP contribution in [0.15, 0.2) is 29.2 Å². The summed E-state index contributed by atoms with van der Waals surface area (Å²) in [6, 6.07) is 6.25. The van der Waals surface area contributed by atoms with E-state index in [2.05, 4.69) is 0 Å². The van der Waals surface area contributed by atoms with E-state index in [-0.39, 0.29) is 23.2 Å². The van der Waals surface area contributed by atoms with Crippen LogP contribution in [0.25, 0.3) is 0 Å². The van der Waals surface area contributed by atoms with E-state index in [9.17, 15) is 13.2 Å². The lowest BCUT2D eigenvalue weighted by atomic mass is 10.0. The number of carbonyl (C=O) groups excluding carboxylic acids is 1. The average molecular weight is 282 g/mol. The van der Waals surface area contributed by atoms with Gasteiger partial charge in [0.2, 0.25) is 0 Å². The van der Waals surface area contributed by atoms with Crippen LogP contribution in [0.4, 0.5) is 0 Å². The van der Waals surface area contributed by atoms with Gasteiger partial charge in [0.15, 0.2) is 15.6 Å². The Morgan fingerprint density at radius 3 is 2.63 bits per heavy atom. The van der Waals surface area contributed by atoms with Gasteiger partial charge in [-0.05, 0) is 31.0 Å². The minimum atomic E-state index is -3.24. The van der Waals surface area contributed by atoms with Crippen LogP contribution < -0.4 is 4.74 Å². The molecule has 1 saturated carbocycles. The lowest BCUT2D eigenvalue weighted by molar-refractivity contribution is -0.124. The maximum atomic E-state index is 11.9. The fraction of sp³-hybridized carbons (Fsp3) is 0.500. The molecule has 0 saturated heterocycles. The molecule has 1 fully saturated rings. The van der Waals surface area contributed by atoms with Gasteiger partial charge >= 0.3 is 0 Å². The Morgan fingerprint density at radius 2 is 2.00 bits per heavy atom. The van der Waals surface area contributed by atoms with E-state index in [0.29, 0.717) is 5.75 Å². The van der Waals surface area contributed by atoms with Crippen molar-refractivity contribution in [2.45, 2.75) is 30.6 Å². The highest BCUT2D eigenvalue weighted by Gasteiger charge is 2.22. The Labute approximate surface area is 113 Å². The van der Waals surface area contributed by atoms with Crippen LogP contribution in [-0.4, -0.2) is 27.1 Å². The molecule has 0 heterocycles. The molecule has 19 heavy (non-hydrogen) atoms. The summed E-state index contributed by atoms with van der Waals surface area (Å²) in [5.41, 5.74) is 0. The zero-order chi connectivity index (χ0) is 13.9. The number of hydrogen-bond acceptors (Lipinski definition) is 4. The van der Waals surface area contributed by atoms with Crippen molar-refractivity contribution in [3.8, 4) is 5.75 Å². The number of benzene rings is 1. The minimum Gasteiger partial charge on any atom is -0.486 e. The second-order valence-corrected chi connectivity index (χ2v) is 7.00. The summed E-state index contributed by atoms with van der Waals surface area (Å²) in [7, 11) is -3.24. The molecule has 0 unspecified atom stereocenters. The van der Waals surface area contributed by atoms with Crippen molar-refractivity contribution < 1.29 is 17.9 Å². The second-order valence-electron chi connectivity index (χ2n) is 4.98. The van der Waals surface area contributed by atoms with Crippen molar-refractivity contribution in [2.24, 2.45) is 5.92 Å². The summed E-state index contributed by atoms with van der Waals surface area (Å²) < 4.78 is 28.2. The molecule has 0 bridgehead atoms. The predicted molar refractivity (Wildman–Crippen MR) is 72.0 cm³/mol. The van der Waals surface area contributed by atoms with Gasteiger partial charge in [0.05, 0.1) is 4.90 Å². The van der Waals surface area contributed by atoms with Crippen molar-refractivity contribution >= 4 is 15.6 Å². The van der Waals surface area contributed by atoms with E-state index >= 15 is 0 Å². The molecule has 0 spiro atoms. The maximum absolute atomic E-state index is 11.9. The smallest absolute Gasteiger partial charge is 0.175 e. The SMILES string of the molecule is CS(=O)(=O)c1cccc(OCC(=O)C2CCCC2)c1. The highest BCUT2D eigenvalue weighted by molar-refractivity contribution is 7.90. The summed E-state index contributed by atoms with van der Waals surface area (Å²) in [5, 5.41) is 0. The molecule has 1 aliphatic carbocycles. The molecule has 0 amide bonds. The monoisotopic (exact) mass is 282 g/mol. The first-order valence-corrected chi connectivity index (χ1v) is 8.31. The van der Waals surface area contributed by atoms with Crippen molar-refractivity contribution in [2.75, 3.05) is 12.9 Å². The van der Waals surface area contributed by atoms with Crippen LogP contribution in [0.2, 0.25) is 0 Å². The van der Waals surface area contributed by atoms with Crippen molar-refractivity contribution in [3.05, 3.63) is 24.3 Å². The standard InChI is InChI=1S/C14H18O4S/c1-19(16,17)13-8-4-7-12(9-13)18-10-14(15)11-5-2-3-6-11/h4,7-9,11H,2-3,5-6,10H2,1H3. The van der Waals surface area contributed by atoms with E-state index in [1.807, 2.05) is 0 Å². The summed E-state index contributed by atoms with van der Waals surface area (Å²) in [6.07, 6.45) is 5.27. The summed E-state index contributed by atoms with van der Waals surface area (Å²) in [5.74, 6) is 0.662. The zero-order valence-electron chi connectivity index (χ0n) is 11.0. The molecule has 1 aromatic carbocycles. The number of ether oxygens (including phenoxy) is 1. The van der Waals surface area contributed by atoms with Gasteiger partial charge in [0, 0.05) is 12.2 Å². The van der Waals surface area contributed by atoms with Gasteiger partial charge in [-0.2, -0.15) is 0 Å². The molecule has 0 atom stereocenters. The van der Waals surface area contributed by atoms with Gasteiger partial charge in [-0.3, -0.25) is 4.79 Å². The zero-order valence-corrected chi connectivity index (χ0v) is 11.8. The van der Waals surface area contributed by atoms with Crippen LogP contribution in [0.5, 0.6) is 5.75 Å². The van der Waals surface area contributed by atoms with E-state index in [1.54, 1.807) is 12.1 Å². The van der Waals surface area contributed by atoms with E-state index in [4.69, 9.17) is 4.74 Å². The highest BCUT2D eigenvalue weighted by atomic mass is 32.2. The molecular formula is C14H18O4S. The molecule has 104 valence electrons. The first-order valence-electron chi connectivity index (χ1n) is 6.42. The molecule has 0 aromatic heterocycles. The third-order valence-electron chi connectivity index (χ3n) is 3.43. The molecule has 0 aliphatic heterocycles. The van der Waals surface area contributed by atoms with Crippen molar-refractivity contribution in [1.29, 1.82) is 0 Å². The molecule has 0 radical (unpaired) electrons. The number of Topliss-reactive ketones (excluding diaryl/α,β-unsaturated/α-hetero) is 1. The fourth-order valence-electron chi connectivity index (χ4n) is 2.31. The van der Waals surface area contributed by atoms with E-state index in [0.717, 1.165) is 31.9 Å². The van der Waals surface area contributed by atoms with Crippen molar-refractivity contribution in [3.63, 3.8) is 0 Å². The quantitative estimate of drug-likeness (QED) is 0.831. The van der Waals surface area contributed by atoms with Crippen LogP contribution in [0.1, 0.15) is 25.7 Å². The van der Waals surface area contributed by atoms with Gasteiger partial charge in [-0.1, -0.05) is 18.9 Å². The minimum absolute atomic E-state index is 0.0257. The molecule has 0 N–H and O–H groups in total.